The van der Waals surface area contributed by atoms with Gasteiger partial charge in [-0.3, -0.25) is 4.79 Å². The molecule has 0 radical (unpaired) electrons. The summed E-state index contributed by atoms with van der Waals surface area (Å²) in [6.45, 7) is 6.55. The molecule has 0 spiro atoms. The Morgan fingerprint density at radius 1 is 1.50 bits per heavy atom. The van der Waals surface area contributed by atoms with Gasteiger partial charge in [0.15, 0.2) is 0 Å². The molecular formula is C16H25N3O. The number of aryl methyl sites for hydroxylation is 1. The summed E-state index contributed by atoms with van der Waals surface area (Å²) in [6.07, 6.45) is 2.26. The van der Waals surface area contributed by atoms with Crippen LogP contribution in [0.3, 0.4) is 0 Å². The molecule has 20 heavy (non-hydrogen) atoms. The van der Waals surface area contributed by atoms with Crippen LogP contribution in [-0.2, 0) is 11.2 Å². The second-order valence-corrected chi connectivity index (χ2v) is 6.00. The predicted molar refractivity (Wildman–Crippen MR) is 84.4 cm³/mol. The van der Waals surface area contributed by atoms with Crippen LogP contribution in [0.5, 0.6) is 0 Å². The average molecular weight is 275 g/mol. The monoisotopic (exact) mass is 275 g/mol. The standard InChI is InChI=1S/C16H25N3O/c1-11(2)17-16(20)10-19(4)14-7-8-15-13(9-14)6-5-12(3)18-15/h7-9,11-12,18H,5-6,10H2,1-4H3,(H,17,20). The third-order valence-corrected chi connectivity index (χ3v) is 3.61. The smallest absolute Gasteiger partial charge is 0.239 e. The van der Waals surface area contributed by atoms with E-state index in [2.05, 4.69) is 35.8 Å². The summed E-state index contributed by atoms with van der Waals surface area (Å²) in [5.41, 5.74) is 3.67. The number of fused-ring (bicyclic) bond motifs is 1. The zero-order valence-corrected chi connectivity index (χ0v) is 12.9. The molecule has 1 unspecified atom stereocenters. The van der Waals surface area contributed by atoms with E-state index < -0.39 is 0 Å². The van der Waals surface area contributed by atoms with E-state index in [-0.39, 0.29) is 11.9 Å². The Morgan fingerprint density at radius 2 is 2.25 bits per heavy atom. The number of hydrogen-bond donors (Lipinski definition) is 2. The van der Waals surface area contributed by atoms with Crippen LogP contribution in [0.1, 0.15) is 32.8 Å². The van der Waals surface area contributed by atoms with Crippen LogP contribution in [0.25, 0.3) is 0 Å². The van der Waals surface area contributed by atoms with Crippen LogP contribution in [0.15, 0.2) is 18.2 Å². The van der Waals surface area contributed by atoms with E-state index in [4.69, 9.17) is 0 Å². The van der Waals surface area contributed by atoms with E-state index in [0.717, 1.165) is 18.5 Å². The summed E-state index contributed by atoms with van der Waals surface area (Å²) < 4.78 is 0. The topological polar surface area (TPSA) is 44.4 Å². The lowest BCUT2D eigenvalue weighted by atomic mass is 9.98. The number of likely N-dealkylation sites (N-methyl/N-ethyl adjacent to an activating group) is 1. The van der Waals surface area contributed by atoms with Crippen molar-refractivity contribution in [3.8, 4) is 0 Å². The van der Waals surface area contributed by atoms with Gasteiger partial charge in [0.1, 0.15) is 0 Å². The number of carbonyl (C=O) groups excluding carboxylic acids is 1. The van der Waals surface area contributed by atoms with Crippen LogP contribution in [-0.4, -0.2) is 31.6 Å². The number of nitrogens with zero attached hydrogens (tertiary/aromatic N) is 1. The second kappa shape index (κ2) is 6.16. The molecular weight excluding hydrogens is 250 g/mol. The van der Waals surface area contributed by atoms with E-state index in [1.54, 1.807) is 0 Å². The molecule has 4 nitrogen and oxygen atoms in total. The van der Waals surface area contributed by atoms with Gasteiger partial charge in [-0.25, -0.2) is 0 Å². The van der Waals surface area contributed by atoms with Gasteiger partial charge in [0.25, 0.3) is 0 Å². The van der Waals surface area contributed by atoms with E-state index in [1.165, 1.54) is 11.3 Å². The maximum Gasteiger partial charge on any atom is 0.239 e. The summed E-state index contributed by atoms with van der Waals surface area (Å²) >= 11 is 0. The molecule has 1 heterocycles. The van der Waals surface area contributed by atoms with Crippen molar-refractivity contribution in [2.45, 2.75) is 45.7 Å². The van der Waals surface area contributed by atoms with Crippen molar-refractivity contribution in [2.75, 3.05) is 23.8 Å². The highest BCUT2D eigenvalue weighted by atomic mass is 16.2. The SMILES string of the molecule is CC(C)NC(=O)CN(C)c1ccc2c(c1)CCC(C)N2. The molecule has 0 fully saturated rings. The lowest BCUT2D eigenvalue weighted by Crippen LogP contribution is -2.38. The highest BCUT2D eigenvalue weighted by Crippen LogP contribution is 2.28. The molecule has 1 aromatic rings. The Balaban J connectivity index is 2.04. The van der Waals surface area contributed by atoms with Crippen LogP contribution in [0, 0.1) is 0 Å². The van der Waals surface area contributed by atoms with Crippen molar-refractivity contribution >= 4 is 17.3 Å². The summed E-state index contributed by atoms with van der Waals surface area (Å²) in [7, 11) is 1.96. The Morgan fingerprint density at radius 3 is 2.95 bits per heavy atom. The number of rotatable bonds is 4. The molecule has 0 aromatic heterocycles. The Labute approximate surface area is 121 Å². The van der Waals surface area contributed by atoms with E-state index in [1.807, 2.05) is 25.8 Å². The number of carbonyl (C=O) groups is 1. The minimum atomic E-state index is 0.0620. The molecule has 1 aliphatic rings. The first-order valence-electron chi connectivity index (χ1n) is 7.35. The Bertz CT molecular complexity index is 485. The molecule has 1 amide bonds. The van der Waals surface area contributed by atoms with Crippen LogP contribution in [0.4, 0.5) is 11.4 Å². The minimum Gasteiger partial charge on any atom is -0.382 e. The molecule has 0 bridgehead atoms. The van der Waals surface area contributed by atoms with Gasteiger partial charge in [-0.15, -0.1) is 0 Å². The zero-order chi connectivity index (χ0) is 14.7. The van der Waals surface area contributed by atoms with E-state index in [9.17, 15) is 4.79 Å². The molecule has 2 N–H and O–H groups in total. The van der Waals surface area contributed by atoms with Gasteiger partial charge in [-0.05, 0) is 57.4 Å². The second-order valence-electron chi connectivity index (χ2n) is 6.00. The van der Waals surface area contributed by atoms with Gasteiger partial charge < -0.3 is 15.5 Å². The van der Waals surface area contributed by atoms with Crippen molar-refractivity contribution in [1.82, 2.24) is 5.32 Å². The van der Waals surface area contributed by atoms with E-state index >= 15 is 0 Å². The quantitative estimate of drug-likeness (QED) is 0.887. The van der Waals surface area contributed by atoms with Gasteiger partial charge in [-0.1, -0.05) is 0 Å². The van der Waals surface area contributed by atoms with Gasteiger partial charge >= 0.3 is 0 Å². The fraction of sp³-hybridized carbons (Fsp3) is 0.562. The summed E-state index contributed by atoms with van der Waals surface area (Å²) in [4.78, 5) is 13.8. The number of benzene rings is 1. The van der Waals surface area contributed by atoms with Crippen LogP contribution in [0.2, 0.25) is 0 Å². The lowest BCUT2D eigenvalue weighted by molar-refractivity contribution is -0.120. The number of nitrogens with one attached hydrogen (secondary N) is 2. The molecule has 0 saturated carbocycles. The molecule has 0 saturated heterocycles. The average Bonchev–Trinajstić information content (AvgIpc) is 2.36. The first-order chi connectivity index (χ1) is 9.45. The number of amides is 1. The Kier molecular flexibility index (Phi) is 4.53. The van der Waals surface area contributed by atoms with Crippen molar-refractivity contribution in [2.24, 2.45) is 0 Å². The normalized spacial score (nSPS) is 17.4. The lowest BCUT2D eigenvalue weighted by Gasteiger charge is -2.26. The van der Waals surface area contributed by atoms with Crippen molar-refractivity contribution in [3.63, 3.8) is 0 Å². The molecule has 1 aromatic carbocycles. The van der Waals surface area contributed by atoms with Crippen molar-refractivity contribution in [1.29, 1.82) is 0 Å². The fourth-order valence-corrected chi connectivity index (χ4v) is 2.55. The molecule has 1 atom stereocenters. The minimum absolute atomic E-state index is 0.0620. The number of hydrogen-bond acceptors (Lipinski definition) is 3. The fourth-order valence-electron chi connectivity index (χ4n) is 2.55. The highest BCUT2D eigenvalue weighted by molar-refractivity contribution is 5.81. The molecule has 2 rings (SSSR count). The molecule has 4 heteroatoms. The van der Waals surface area contributed by atoms with Gasteiger partial charge in [0.2, 0.25) is 5.91 Å². The third kappa shape index (κ3) is 3.65. The van der Waals surface area contributed by atoms with E-state index in [0.29, 0.717) is 12.6 Å². The van der Waals surface area contributed by atoms with Gasteiger partial charge in [-0.2, -0.15) is 0 Å². The summed E-state index contributed by atoms with van der Waals surface area (Å²) in [5, 5.41) is 6.41. The third-order valence-electron chi connectivity index (χ3n) is 3.61. The van der Waals surface area contributed by atoms with Crippen molar-refractivity contribution < 1.29 is 4.79 Å². The van der Waals surface area contributed by atoms with Crippen molar-refractivity contribution in [3.05, 3.63) is 23.8 Å². The first kappa shape index (κ1) is 14.7. The predicted octanol–water partition coefficient (Wildman–Crippen LogP) is 2.39. The number of anilines is 2. The Hall–Kier alpha value is -1.71. The zero-order valence-electron chi connectivity index (χ0n) is 12.9. The van der Waals surface area contributed by atoms with Gasteiger partial charge in [0.05, 0.1) is 6.54 Å². The highest BCUT2D eigenvalue weighted by Gasteiger charge is 2.15. The summed E-state index contributed by atoms with van der Waals surface area (Å²) in [5.74, 6) is 0.0620. The molecule has 0 aliphatic carbocycles. The first-order valence-corrected chi connectivity index (χ1v) is 7.35. The van der Waals surface area contributed by atoms with Gasteiger partial charge in [0, 0.05) is 30.5 Å². The van der Waals surface area contributed by atoms with Crippen LogP contribution < -0.4 is 15.5 Å². The maximum atomic E-state index is 11.8. The maximum absolute atomic E-state index is 11.8. The summed E-state index contributed by atoms with van der Waals surface area (Å²) in [6, 6.07) is 7.12. The molecule has 110 valence electrons. The largest absolute Gasteiger partial charge is 0.382 e. The molecule has 1 aliphatic heterocycles. The van der Waals surface area contributed by atoms with Crippen LogP contribution >= 0.6 is 0 Å².